The smallest absolute Gasteiger partial charge is 0.272 e. The van der Waals surface area contributed by atoms with Crippen LogP contribution in [0.2, 0.25) is 0 Å². The summed E-state index contributed by atoms with van der Waals surface area (Å²) in [5.74, 6) is -0.130. The first kappa shape index (κ1) is 14.8. The molecule has 3 heterocycles. The van der Waals surface area contributed by atoms with Gasteiger partial charge in [-0.25, -0.2) is 4.98 Å². The number of nitrogens with one attached hydrogen (secondary N) is 2. The molecule has 1 amide bonds. The molecule has 2 aromatic heterocycles. The van der Waals surface area contributed by atoms with Gasteiger partial charge < -0.3 is 15.2 Å². The number of amides is 1. The summed E-state index contributed by atoms with van der Waals surface area (Å²) in [7, 11) is 0. The minimum absolute atomic E-state index is 0.0168. The molecule has 118 valence electrons. The maximum Gasteiger partial charge on any atom is 0.272 e. The lowest BCUT2D eigenvalue weighted by atomic mass is 10.1. The first-order valence-electron chi connectivity index (χ1n) is 7.75. The van der Waals surface area contributed by atoms with Crippen LogP contribution in [0.15, 0.2) is 31.0 Å². The third kappa shape index (κ3) is 3.54. The van der Waals surface area contributed by atoms with Gasteiger partial charge in [0.25, 0.3) is 5.91 Å². The van der Waals surface area contributed by atoms with Gasteiger partial charge in [0, 0.05) is 37.7 Å². The van der Waals surface area contributed by atoms with Crippen LogP contribution >= 0.6 is 0 Å². The molecule has 0 radical (unpaired) electrons. The Labute approximate surface area is 129 Å². The van der Waals surface area contributed by atoms with E-state index in [1.165, 1.54) is 0 Å². The van der Waals surface area contributed by atoms with Crippen molar-refractivity contribution >= 4 is 5.91 Å². The summed E-state index contributed by atoms with van der Waals surface area (Å²) in [6, 6.07) is 2.15. The molecule has 7 heteroatoms. The van der Waals surface area contributed by atoms with E-state index in [0.29, 0.717) is 18.3 Å². The highest BCUT2D eigenvalue weighted by atomic mass is 16.2. The molecule has 0 aromatic carbocycles. The molecule has 1 aliphatic heterocycles. The molecular formula is C15H22N6O. The number of piperidine rings is 1. The molecule has 1 fully saturated rings. The van der Waals surface area contributed by atoms with Crippen molar-refractivity contribution in [3.8, 4) is 0 Å². The first-order chi connectivity index (χ1) is 10.7. The molecule has 2 atom stereocenters. The Balaban J connectivity index is 1.56. The van der Waals surface area contributed by atoms with E-state index in [2.05, 4.69) is 20.7 Å². The Morgan fingerprint density at radius 1 is 1.55 bits per heavy atom. The molecule has 2 aromatic rings. The first-order valence-corrected chi connectivity index (χ1v) is 7.75. The van der Waals surface area contributed by atoms with Gasteiger partial charge in [-0.2, -0.15) is 5.10 Å². The highest BCUT2D eigenvalue weighted by Gasteiger charge is 2.18. The Bertz CT molecular complexity index is 599. The van der Waals surface area contributed by atoms with Gasteiger partial charge in [-0.1, -0.05) is 0 Å². The highest BCUT2D eigenvalue weighted by molar-refractivity contribution is 5.92. The number of carbonyl (C=O) groups excluding carboxylic acids is 1. The lowest BCUT2D eigenvalue weighted by Crippen LogP contribution is -2.36. The van der Waals surface area contributed by atoms with Gasteiger partial charge in [0.05, 0.1) is 12.4 Å². The molecule has 0 aliphatic carbocycles. The molecule has 22 heavy (non-hydrogen) atoms. The van der Waals surface area contributed by atoms with E-state index in [0.717, 1.165) is 25.9 Å². The van der Waals surface area contributed by atoms with Gasteiger partial charge in [-0.05, 0) is 32.4 Å². The second-order valence-corrected chi connectivity index (χ2v) is 5.82. The summed E-state index contributed by atoms with van der Waals surface area (Å²) in [5, 5.41) is 10.8. The number of carbonyl (C=O) groups is 1. The quantitative estimate of drug-likeness (QED) is 0.857. The zero-order chi connectivity index (χ0) is 15.4. The van der Waals surface area contributed by atoms with Crippen molar-refractivity contribution in [1.82, 2.24) is 30.0 Å². The molecule has 1 aliphatic rings. The van der Waals surface area contributed by atoms with Gasteiger partial charge in [-0.3, -0.25) is 9.48 Å². The molecule has 0 bridgehead atoms. The molecule has 0 saturated carbocycles. The Morgan fingerprint density at radius 3 is 3.18 bits per heavy atom. The van der Waals surface area contributed by atoms with Crippen molar-refractivity contribution < 1.29 is 4.79 Å². The number of hydrogen-bond donors (Lipinski definition) is 2. The van der Waals surface area contributed by atoms with E-state index >= 15 is 0 Å². The summed E-state index contributed by atoms with van der Waals surface area (Å²) in [6.45, 7) is 4.65. The van der Waals surface area contributed by atoms with Gasteiger partial charge in [0.15, 0.2) is 0 Å². The van der Waals surface area contributed by atoms with Crippen LogP contribution in [0.5, 0.6) is 0 Å². The summed E-state index contributed by atoms with van der Waals surface area (Å²) in [6.07, 6.45) is 9.50. The average Bonchev–Trinajstić information content (AvgIpc) is 3.19. The van der Waals surface area contributed by atoms with Crippen LogP contribution < -0.4 is 10.6 Å². The highest BCUT2D eigenvalue weighted by Crippen LogP contribution is 2.15. The number of hydrogen-bond acceptors (Lipinski definition) is 4. The lowest BCUT2D eigenvalue weighted by molar-refractivity contribution is 0.0930. The molecule has 2 N–H and O–H groups in total. The van der Waals surface area contributed by atoms with Crippen molar-refractivity contribution in [3.05, 3.63) is 36.7 Å². The third-order valence-corrected chi connectivity index (χ3v) is 3.91. The topological polar surface area (TPSA) is 76.8 Å². The zero-order valence-electron chi connectivity index (χ0n) is 12.8. The number of aromatic nitrogens is 4. The van der Waals surface area contributed by atoms with E-state index in [1.54, 1.807) is 18.6 Å². The van der Waals surface area contributed by atoms with Crippen LogP contribution in [0.25, 0.3) is 0 Å². The normalized spacial score (nSPS) is 19.8. The largest absolute Gasteiger partial charge is 0.346 e. The summed E-state index contributed by atoms with van der Waals surface area (Å²) >= 11 is 0. The number of nitrogens with zero attached hydrogens (tertiary/aromatic N) is 4. The van der Waals surface area contributed by atoms with Crippen LogP contribution in [-0.2, 0) is 6.54 Å². The molecule has 1 saturated heterocycles. The van der Waals surface area contributed by atoms with Crippen molar-refractivity contribution in [2.75, 3.05) is 13.1 Å². The predicted molar refractivity (Wildman–Crippen MR) is 82.5 cm³/mol. The van der Waals surface area contributed by atoms with Gasteiger partial charge in [0.1, 0.15) is 5.69 Å². The lowest BCUT2D eigenvalue weighted by Gasteiger charge is -2.22. The Kier molecular flexibility index (Phi) is 4.53. The van der Waals surface area contributed by atoms with Crippen molar-refractivity contribution in [3.63, 3.8) is 0 Å². The average molecular weight is 302 g/mol. The Hall–Kier alpha value is -2.15. The fraction of sp³-hybridized carbons (Fsp3) is 0.533. The molecule has 3 rings (SSSR count). The SMILES string of the molecule is CC(Cn1ccnc1)NC(=O)c1ccn(C2CCCNC2)n1. The molecule has 7 nitrogen and oxygen atoms in total. The zero-order valence-corrected chi connectivity index (χ0v) is 12.8. The van der Waals surface area contributed by atoms with Crippen LogP contribution in [0.1, 0.15) is 36.3 Å². The fourth-order valence-corrected chi connectivity index (χ4v) is 2.78. The standard InChI is InChI=1S/C15H22N6O/c1-12(10-20-8-6-17-11-20)18-15(22)14-4-7-21(19-14)13-3-2-5-16-9-13/h4,6-8,11-13,16H,2-3,5,9-10H2,1H3,(H,18,22). The van der Waals surface area contributed by atoms with Crippen molar-refractivity contribution in [1.29, 1.82) is 0 Å². The van der Waals surface area contributed by atoms with Gasteiger partial charge in [0.2, 0.25) is 0 Å². The van der Waals surface area contributed by atoms with Crippen LogP contribution in [-0.4, -0.2) is 44.4 Å². The summed E-state index contributed by atoms with van der Waals surface area (Å²) in [4.78, 5) is 16.2. The maximum atomic E-state index is 12.3. The second-order valence-electron chi connectivity index (χ2n) is 5.82. The van der Waals surface area contributed by atoms with Gasteiger partial charge in [-0.15, -0.1) is 0 Å². The van der Waals surface area contributed by atoms with E-state index in [4.69, 9.17) is 0 Å². The predicted octanol–water partition coefficient (Wildman–Crippen LogP) is 0.823. The number of rotatable bonds is 5. The number of imidazole rings is 1. The summed E-state index contributed by atoms with van der Waals surface area (Å²) < 4.78 is 3.85. The minimum Gasteiger partial charge on any atom is -0.346 e. The van der Waals surface area contributed by atoms with Crippen LogP contribution in [0, 0.1) is 0 Å². The Morgan fingerprint density at radius 2 is 2.45 bits per heavy atom. The van der Waals surface area contributed by atoms with Crippen LogP contribution in [0.4, 0.5) is 0 Å². The van der Waals surface area contributed by atoms with E-state index < -0.39 is 0 Å². The fourth-order valence-electron chi connectivity index (χ4n) is 2.78. The molecular weight excluding hydrogens is 280 g/mol. The van der Waals surface area contributed by atoms with E-state index in [1.807, 2.05) is 28.6 Å². The van der Waals surface area contributed by atoms with Crippen molar-refractivity contribution in [2.24, 2.45) is 0 Å². The summed E-state index contributed by atoms with van der Waals surface area (Å²) in [5.41, 5.74) is 0.475. The van der Waals surface area contributed by atoms with Crippen molar-refractivity contribution in [2.45, 2.75) is 38.4 Å². The molecule has 2 unspecified atom stereocenters. The van der Waals surface area contributed by atoms with Crippen LogP contribution in [0.3, 0.4) is 0 Å². The molecule has 0 spiro atoms. The monoisotopic (exact) mass is 302 g/mol. The van der Waals surface area contributed by atoms with E-state index in [9.17, 15) is 4.79 Å². The maximum absolute atomic E-state index is 12.3. The minimum atomic E-state index is -0.130. The van der Waals surface area contributed by atoms with E-state index in [-0.39, 0.29) is 11.9 Å². The third-order valence-electron chi connectivity index (χ3n) is 3.91. The second kappa shape index (κ2) is 6.74. The van der Waals surface area contributed by atoms with Gasteiger partial charge >= 0.3 is 0 Å².